The molecule has 1 fully saturated rings. The molecule has 0 aliphatic heterocycles. The van der Waals surface area contributed by atoms with Gasteiger partial charge in [0.15, 0.2) is 0 Å². The molecule has 0 saturated heterocycles. The third-order valence-corrected chi connectivity index (χ3v) is 3.69. The van der Waals surface area contributed by atoms with Crippen LogP contribution in [-0.2, 0) is 4.79 Å². The van der Waals surface area contributed by atoms with Gasteiger partial charge >= 0.3 is 0 Å². The van der Waals surface area contributed by atoms with Crippen molar-refractivity contribution in [2.75, 3.05) is 13.6 Å². The summed E-state index contributed by atoms with van der Waals surface area (Å²) >= 11 is 0. The standard InChI is InChI=1S/C13H27N3O/c1-4-11(5-2)16(3)9-8-12(13(14)17)15-10-6-7-10/h10-12,15H,4-9H2,1-3H3,(H2,14,17). The van der Waals surface area contributed by atoms with Crippen LogP contribution in [0.5, 0.6) is 0 Å². The number of carbonyl (C=O) groups excluding carboxylic acids is 1. The van der Waals surface area contributed by atoms with Crippen molar-refractivity contribution in [1.29, 1.82) is 0 Å². The number of amides is 1. The molecule has 0 aromatic carbocycles. The number of nitrogens with zero attached hydrogens (tertiary/aromatic N) is 1. The molecule has 0 radical (unpaired) electrons. The smallest absolute Gasteiger partial charge is 0.234 e. The van der Waals surface area contributed by atoms with E-state index in [0.717, 1.165) is 25.8 Å². The summed E-state index contributed by atoms with van der Waals surface area (Å²) in [6.45, 7) is 5.34. The maximum Gasteiger partial charge on any atom is 0.234 e. The third kappa shape index (κ3) is 5.04. The van der Waals surface area contributed by atoms with E-state index in [2.05, 4.69) is 31.1 Å². The SMILES string of the molecule is CCC(CC)N(C)CCC(NC1CC1)C(N)=O. The Hall–Kier alpha value is -0.610. The highest BCUT2D eigenvalue weighted by atomic mass is 16.1. The average molecular weight is 241 g/mol. The van der Waals surface area contributed by atoms with Crippen LogP contribution in [-0.4, -0.2) is 42.5 Å². The van der Waals surface area contributed by atoms with Crippen molar-refractivity contribution in [1.82, 2.24) is 10.2 Å². The normalized spacial score (nSPS) is 17.7. The molecule has 0 heterocycles. The van der Waals surface area contributed by atoms with E-state index < -0.39 is 0 Å². The van der Waals surface area contributed by atoms with Crippen LogP contribution in [0.1, 0.15) is 46.0 Å². The monoisotopic (exact) mass is 241 g/mol. The van der Waals surface area contributed by atoms with Gasteiger partial charge in [0, 0.05) is 18.6 Å². The van der Waals surface area contributed by atoms with Crippen LogP contribution < -0.4 is 11.1 Å². The number of hydrogen-bond donors (Lipinski definition) is 2. The quantitative estimate of drug-likeness (QED) is 0.635. The summed E-state index contributed by atoms with van der Waals surface area (Å²) in [5, 5.41) is 3.32. The molecule has 100 valence electrons. The van der Waals surface area contributed by atoms with E-state index in [1.54, 1.807) is 0 Å². The van der Waals surface area contributed by atoms with Crippen molar-refractivity contribution >= 4 is 5.91 Å². The number of nitrogens with one attached hydrogen (secondary N) is 1. The lowest BCUT2D eigenvalue weighted by Crippen LogP contribution is -2.45. The van der Waals surface area contributed by atoms with Gasteiger partial charge in [-0.25, -0.2) is 0 Å². The lowest BCUT2D eigenvalue weighted by atomic mass is 10.1. The van der Waals surface area contributed by atoms with Crippen molar-refractivity contribution in [3.63, 3.8) is 0 Å². The molecule has 0 aromatic heterocycles. The zero-order valence-electron chi connectivity index (χ0n) is 11.4. The average Bonchev–Trinajstić information content (AvgIpc) is 3.09. The van der Waals surface area contributed by atoms with Crippen molar-refractivity contribution in [2.45, 2.75) is 64.1 Å². The number of carbonyl (C=O) groups is 1. The van der Waals surface area contributed by atoms with Crippen molar-refractivity contribution in [3.05, 3.63) is 0 Å². The Morgan fingerprint density at radius 1 is 1.41 bits per heavy atom. The molecule has 4 nitrogen and oxygen atoms in total. The fourth-order valence-corrected chi connectivity index (χ4v) is 2.27. The van der Waals surface area contributed by atoms with Gasteiger partial charge in [0.1, 0.15) is 0 Å². The predicted molar refractivity (Wildman–Crippen MR) is 70.8 cm³/mol. The first-order valence-corrected chi connectivity index (χ1v) is 6.84. The molecule has 1 unspecified atom stereocenters. The van der Waals surface area contributed by atoms with Crippen LogP contribution in [0.3, 0.4) is 0 Å². The summed E-state index contributed by atoms with van der Waals surface area (Å²) in [5.74, 6) is -0.213. The summed E-state index contributed by atoms with van der Waals surface area (Å²) < 4.78 is 0. The lowest BCUT2D eigenvalue weighted by Gasteiger charge is -2.27. The Balaban J connectivity index is 2.31. The minimum atomic E-state index is -0.213. The Morgan fingerprint density at radius 2 is 2.00 bits per heavy atom. The second-order valence-corrected chi connectivity index (χ2v) is 5.14. The molecule has 0 spiro atoms. The van der Waals surface area contributed by atoms with Crippen molar-refractivity contribution in [3.8, 4) is 0 Å². The number of hydrogen-bond acceptors (Lipinski definition) is 3. The van der Waals surface area contributed by atoms with Gasteiger partial charge in [-0.05, 0) is 39.2 Å². The fourth-order valence-electron chi connectivity index (χ4n) is 2.27. The van der Waals surface area contributed by atoms with E-state index in [1.807, 2.05) is 0 Å². The maximum absolute atomic E-state index is 11.3. The second kappa shape index (κ2) is 6.97. The van der Waals surface area contributed by atoms with E-state index in [0.29, 0.717) is 12.1 Å². The van der Waals surface area contributed by atoms with Crippen LogP contribution >= 0.6 is 0 Å². The summed E-state index contributed by atoms with van der Waals surface area (Å²) in [5.41, 5.74) is 5.42. The summed E-state index contributed by atoms with van der Waals surface area (Å²) in [6.07, 6.45) is 5.51. The minimum absolute atomic E-state index is 0.153. The molecule has 1 rings (SSSR count). The van der Waals surface area contributed by atoms with Crippen molar-refractivity contribution < 1.29 is 4.79 Å². The van der Waals surface area contributed by atoms with E-state index in [9.17, 15) is 4.79 Å². The molecule has 3 N–H and O–H groups in total. The summed E-state index contributed by atoms with van der Waals surface area (Å²) in [4.78, 5) is 13.7. The molecule has 1 saturated carbocycles. The summed E-state index contributed by atoms with van der Waals surface area (Å²) in [7, 11) is 2.13. The Kier molecular flexibility index (Phi) is 5.92. The minimum Gasteiger partial charge on any atom is -0.368 e. The van der Waals surface area contributed by atoms with Crippen LogP contribution in [0.15, 0.2) is 0 Å². The van der Waals surface area contributed by atoms with E-state index in [1.165, 1.54) is 12.8 Å². The van der Waals surface area contributed by atoms with Gasteiger partial charge < -0.3 is 16.0 Å². The highest BCUT2D eigenvalue weighted by Gasteiger charge is 2.27. The van der Waals surface area contributed by atoms with Gasteiger partial charge in [-0.1, -0.05) is 13.8 Å². The Labute approximate surface area is 105 Å². The molecule has 0 bridgehead atoms. The first-order valence-electron chi connectivity index (χ1n) is 6.84. The highest BCUT2D eigenvalue weighted by Crippen LogP contribution is 2.20. The van der Waals surface area contributed by atoms with Crippen LogP contribution in [0.2, 0.25) is 0 Å². The molecule has 17 heavy (non-hydrogen) atoms. The lowest BCUT2D eigenvalue weighted by molar-refractivity contribution is -0.120. The van der Waals surface area contributed by atoms with E-state index in [4.69, 9.17) is 5.73 Å². The van der Waals surface area contributed by atoms with Crippen LogP contribution in [0.25, 0.3) is 0 Å². The zero-order chi connectivity index (χ0) is 12.8. The van der Waals surface area contributed by atoms with Gasteiger partial charge in [0.2, 0.25) is 5.91 Å². The molecule has 1 aliphatic carbocycles. The maximum atomic E-state index is 11.3. The van der Waals surface area contributed by atoms with Gasteiger partial charge in [-0.15, -0.1) is 0 Å². The van der Waals surface area contributed by atoms with E-state index >= 15 is 0 Å². The molecular formula is C13H27N3O. The van der Waals surface area contributed by atoms with Gasteiger partial charge in [0.25, 0.3) is 0 Å². The number of nitrogens with two attached hydrogens (primary N) is 1. The first kappa shape index (κ1) is 14.5. The largest absolute Gasteiger partial charge is 0.368 e. The van der Waals surface area contributed by atoms with Crippen LogP contribution in [0, 0.1) is 0 Å². The first-order chi connectivity index (χ1) is 8.08. The molecule has 1 amide bonds. The Bertz CT molecular complexity index is 237. The second-order valence-electron chi connectivity index (χ2n) is 5.14. The van der Waals surface area contributed by atoms with Crippen molar-refractivity contribution in [2.24, 2.45) is 5.73 Å². The zero-order valence-corrected chi connectivity index (χ0v) is 11.4. The number of primary amides is 1. The fraction of sp³-hybridized carbons (Fsp3) is 0.923. The summed E-state index contributed by atoms with van der Waals surface area (Å²) in [6, 6.07) is 0.995. The van der Waals surface area contributed by atoms with Gasteiger partial charge in [0.05, 0.1) is 6.04 Å². The molecule has 1 atom stereocenters. The van der Waals surface area contributed by atoms with Gasteiger partial charge in [-0.2, -0.15) is 0 Å². The molecular weight excluding hydrogens is 214 g/mol. The Morgan fingerprint density at radius 3 is 2.41 bits per heavy atom. The molecule has 4 heteroatoms. The molecule has 1 aliphatic rings. The predicted octanol–water partition coefficient (Wildman–Crippen LogP) is 1.10. The topological polar surface area (TPSA) is 58.4 Å². The third-order valence-electron chi connectivity index (χ3n) is 3.69. The molecule has 0 aromatic rings. The van der Waals surface area contributed by atoms with Crippen LogP contribution in [0.4, 0.5) is 0 Å². The number of rotatable bonds is 9. The van der Waals surface area contributed by atoms with Gasteiger partial charge in [-0.3, -0.25) is 4.79 Å². The van der Waals surface area contributed by atoms with E-state index in [-0.39, 0.29) is 11.9 Å². The highest BCUT2D eigenvalue weighted by molar-refractivity contribution is 5.79.